The summed E-state index contributed by atoms with van der Waals surface area (Å²) in [6.07, 6.45) is 1.83. The van der Waals surface area contributed by atoms with E-state index in [1.54, 1.807) is 13.0 Å². The molecule has 1 fully saturated rings. The topological polar surface area (TPSA) is 63.2 Å². The van der Waals surface area contributed by atoms with E-state index in [0.29, 0.717) is 15.7 Å². The number of aryl methyl sites for hydroxylation is 1. The molecule has 2 rings (SSSR count). The molecule has 0 atom stereocenters. The monoisotopic (exact) mass is 351 g/mol. The van der Waals surface area contributed by atoms with E-state index in [-0.39, 0.29) is 16.7 Å². The molecular formula is C11H11BrClNO3S. The maximum absolute atomic E-state index is 11.6. The Bertz CT molecular complexity index is 611. The second-order valence-corrected chi connectivity index (χ2v) is 7.69. The Morgan fingerprint density at radius 3 is 2.56 bits per heavy atom. The third-order valence-corrected chi connectivity index (χ3v) is 4.85. The molecule has 0 saturated heterocycles. The van der Waals surface area contributed by atoms with Crippen LogP contribution < -0.4 is 5.32 Å². The highest BCUT2D eigenvalue weighted by Gasteiger charge is 2.30. The maximum Gasteiger partial charge on any atom is 0.261 e. The van der Waals surface area contributed by atoms with E-state index in [2.05, 4.69) is 21.2 Å². The fourth-order valence-electron chi connectivity index (χ4n) is 1.60. The van der Waals surface area contributed by atoms with Crippen LogP contribution in [0.25, 0.3) is 0 Å². The number of halogens is 2. The van der Waals surface area contributed by atoms with Crippen LogP contribution in [0.3, 0.4) is 0 Å². The molecule has 1 aromatic carbocycles. The minimum absolute atomic E-state index is 0.0309. The molecule has 0 unspecified atom stereocenters. The average Bonchev–Trinajstić information content (AvgIpc) is 3.04. The van der Waals surface area contributed by atoms with Crippen LogP contribution in [0, 0.1) is 12.8 Å². The SMILES string of the molecule is Cc1cc(NC(=O)C2CC2)c(Br)cc1S(=O)(=O)Cl. The van der Waals surface area contributed by atoms with Crippen molar-refractivity contribution in [2.75, 3.05) is 5.32 Å². The van der Waals surface area contributed by atoms with Gasteiger partial charge in [0.15, 0.2) is 0 Å². The first kappa shape index (κ1) is 13.8. The summed E-state index contributed by atoms with van der Waals surface area (Å²) < 4.78 is 23.1. The molecule has 18 heavy (non-hydrogen) atoms. The molecule has 1 aliphatic carbocycles. The van der Waals surface area contributed by atoms with Crippen LogP contribution in [0.15, 0.2) is 21.5 Å². The van der Waals surface area contributed by atoms with Gasteiger partial charge in [0.1, 0.15) is 0 Å². The van der Waals surface area contributed by atoms with Crippen molar-refractivity contribution in [1.82, 2.24) is 0 Å². The van der Waals surface area contributed by atoms with E-state index in [9.17, 15) is 13.2 Å². The van der Waals surface area contributed by atoms with Crippen molar-refractivity contribution in [3.63, 3.8) is 0 Å². The number of hydrogen-bond donors (Lipinski definition) is 1. The van der Waals surface area contributed by atoms with Gasteiger partial charge >= 0.3 is 0 Å². The molecule has 1 amide bonds. The summed E-state index contributed by atoms with van der Waals surface area (Å²) in [7, 11) is 1.54. The highest BCUT2D eigenvalue weighted by Crippen LogP contribution is 2.34. The minimum atomic E-state index is -3.78. The van der Waals surface area contributed by atoms with Gasteiger partial charge in [-0.3, -0.25) is 4.79 Å². The number of amides is 1. The second kappa shape index (κ2) is 4.83. The van der Waals surface area contributed by atoms with Gasteiger partial charge in [-0.25, -0.2) is 8.42 Å². The summed E-state index contributed by atoms with van der Waals surface area (Å²) in [5.41, 5.74) is 1.06. The van der Waals surface area contributed by atoms with E-state index < -0.39 is 9.05 Å². The second-order valence-electron chi connectivity index (χ2n) is 4.30. The Morgan fingerprint density at radius 2 is 2.06 bits per heavy atom. The number of carbonyl (C=O) groups is 1. The zero-order valence-electron chi connectivity index (χ0n) is 9.54. The van der Waals surface area contributed by atoms with Crippen molar-refractivity contribution in [3.05, 3.63) is 22.2 Å². The highest BCUT2D eigenvalue weighted by atomic mass is 79.9. The van der Waals surface area contributed by atoms with E-state index >= 15 is 0 Å². The predicted octanol–water partition coefficient (Wildman–Crippen LogP) is 3.03. The lowest BCUT2D eigenvalue weighted by Gasteiger charge is -2.10. The molecule has 7 heteroatoms. The van der Waals surface area contributed by atoms with Crippen LogP contribution in [0.1, 0.15) is 18.4 Å². The summed E-state index contributed by atoms with van der Waals surface area (Å²) in [5, 5.41) is 2.77. The van der Waals surface area contributed by atoms with Gasteiger partial charge in [0.25, 0.3) is 9.05 Å². The molecule has 1 saturated carbocycles. The molecule has 0 bridgehead atoms. The molecule has 0 heterocycles. The number of anilines is 1. The molecule has 0 spiro atoms. The lowest BCUT2D eigenvalue weighted by molar-refractivity contribution is -0.117. The van der Waals surface area contributed by atoms with Gasteiger partial charge in [0.2, 0.25) is 5.91 Å². The first-order valence-corrected chi connectivity index (χ1v) is 8.45. The standard InChI is InChI=1S/C11H11BrClNO3S/c1-6-4-9(14-11(15)7-2-3-7)8(12)5-10(6)18(13,16)17/h4-5,7H,2-3H2,1H3,(H,14,15). The first-order valence-electron chi connectivity index (χ1n) is 5.34. The summed E-state index contributed by atoms with van der Waals surface area (Å²) in [5.74, 6) is 0.0604. The Kier molecular flexibility index (Phi) is 3.71. The van der Waals surface area contributed by atoms with Gasteiger partial charge in [-0.15, -0.1) is 0 Å². The van der Waals surface area contributed by atoms with E-state index in [1.807, 2.05) is 0 Å². The molecule has 0 aliphatic heterocycles. The maximum atomic E-state index is 11.6. The van der Waals surface area contributed by atoms with Gasteiger partial charge in [0.05, 0.1) is 10.6 Å². The summed E-state index contributed by atoms with van der Waals surface area (Å²) in [6.45, 7) is 1.63. The van der Waals surface area contributed by atoms with Crippen LogP contribution in [-0.4, -0.2) is 14.3 Å². The summed E-state index contributed by atoms with van der Waals surface area (Å²) in [4.78, 5) is 11.7. The van der Waals surface area contributed by atoms with Crippen LogP contribution in [0.4, 0.5) is 5.69 Å². The number of hydrogen-bond acceptors (Lipinski definition) is 3. The predicted molar refractivity (Wildman–Crippen MR) is 73.3 cm³/mol. The van der Waals surface area contributed by atoms with Crippen molar-refractivity contribution in [2.24, 2.45) is 5.92 Å². The molecule has 98 valence electrons. The van der Waals surface area contributed by atoms with Crippen LogP contribution in [-0.2, 0) is 13.8 Å². The molecule has 1 aromatic rings. The van der Waals surface area contributed by atoms with Crippen LogP contribution >= 0.6 is 26.6 Å². The zero-order valence-corrected chi connectivity index (χ0v) is 12.7. The van der Waals surface area contributed by atoms with E-state index in [4.69, 9.17) is 10.7 Å². The van der Waals surface area contributed by atoms with Crippen molar-refractivity contribution < 1.29 is 13.2 Å². The number of nitrogens with one attached hydrogen (secondary N) is 1. The number of rotatable bonds is 3. The van der Waals surface area contributed by atoms with E-state index in [0.717, 1.165) is 12.8 Å². The van der Waals surface area contributed by atoms with Gasteiger partial charge in [0, 0.05) is 21.1 Å². The molecule has 4 nitrogen and oxygen atoms in total. The number of carbonyl (C=O) groups excluding carboxylic acids is 1. The van der Waals surface area contributed by atoms with E-state index in [1.165, 1.54) is 6.07 Å². The molecular weight excluding hydrogens is 342 g/mol. The first-order chi connectivity index (χ1) is 8.29. The molecule has 0 aromatic heterocycles. The molecule has 0 radical (unpaired) electrons. The Morgan fingerprint density at radius 1 is 1.44 bits per heavy atom. The van der Waals surface area contributed by atoms with Gasteiger partial charge in [-0.05, 0) is 53.4 Å². The van der Waals surface area contributed by atoms with Crippen molar-refractivity contribution in [3.8, 4) is 0 Å². The van der Waals surface area contributed by atoms with Gasteiger partial charge in [-0.2, -0.15) is 0 Å². The largest absolute Gasteiger partial charge is 0.325 e. The fraction of sp³-hybridized carbons (Fsp3) is 0.364. The zero-order chi connectivity index (χ0) is 13.5. The van der Waals surface area contributed by atoms with Gasteiger partial charge < -0.3 is 5.32 Å². The highest BCUT2D eigenvalue weighted by molar-refractivity contribution is 9.10. The quantitative estimate of drug-likeness (QED) is 0.851. The Balaban J connectivity index is 2.33. The lowest BCUT2D eigenvalue weighted by Crippen LogP contribution is -2.14. The third-order valence-electron chi connectivity index (χ3n) is 2.73. The molecule has 1 N–H and O–H groups in total. The smallest absolute Gasteiger partial charge is 0.261 e. The summed E-state index contributed by atoms with van der Waals surface area (Å²) in [6, 6.07) is 3.00. The Hall–Kier alpha value is -0.590. The van der Waals surface area contributed by atoms with Crippen LogP contribution in [0.2, 0.25) is 0 Å². The number of benzene rings is 1. The van der Waals surface area contributed by atoms with Crippen molar-refractivity contribution >= 4 is 47.3 Å². The average molecular weight is 353 g/mol. The lowest BCUT2D eigenvalue weighted by atomic mass is 10.2. The summed E-state index contributed by atoms with van der Waals surface area (Å²) >= 11 is 3.23. The normalized spacial score (nSPS) is 15.5. The minimum Gasteiger partial charge on any atom is -0.325 e. The fourth-order valence-corrected chi connectivity index (χ4v) is 3.40. The van der Waals surface area contributed by atoms with Crippen LogP contribution in [0.5, 0.6) is 0 Å². The molecule has 1 aliphatic rings. The van der Waals surface area contributed by atoms with Crippen molar-refractivity contribution in [1.29, 1.82) is 0 Å². The third kappa shape index (κ3) is 3.05. The van der Waals surface area contributed by atoms with Gasteiger partial charge in [-0.1, -0.05) is 0 Å². The Labute approximate surface area is 118 Å². The van der Waals surface area contributed by atoms with Crippen molar-refractivity contribution in [2.45, 2.75) is 24.7 Å².